The molecule has 0 spiro atoms. The highest BCUT2D eigenvalue weighted by Gasteiger charge is 2.21. The fourth-order valence-corrected chi connectivity index (χ4v) is 1.02. The molecule has 1 unspecified atom stereocenters. The van der Waals surface area contributed by atoms with E-state index in [-0.39, 0.29) is 26.1 Å². The molecule has 0 aliphatic carbocycles. The van der Waals surface area contributed by atoms with E-state index >= 15 is 0 Å². The molecule has 0 fully saturated rings. The number of carbonyl (C=O) groups excluding carboxylic acids is 3. The fraction of sp³-hybridized carbons (Fsp3) is 0.600. The number of nitriles is 1. The number of isocyanates is 2. The maximum Gasteiger partial charge on any atom is 0.348 e. The Morgan fingerprint density at radius 3 is 2.50 bits per heavy atom. The summed E-state index contributed by atoms with van der Waals surface area (Å²) in [6.07, 6.45) is 3.57. The number of hydrogen-bond acceptors (Lipinski definition) is 8. The Morgan fingerprint density at radius 2 is 1.89 bits per heavy atom. The Balaban J connectivity index is 4.05. The van der Waals surface area contributed by atoms with Crippen molar-refractivity contribution >= 4 is 18.1 Å². The fourth-order valence-electron chi connectivity index (χ4n) is 1.02. The van der Waals surface area contributed by atoms with Gasteiger partial charge < -0.3 is 9.47 Å². The van der Waals surface area contributed by atoms with Gasteiger partial charge >= 0.3 is 5.97 Å². The molecular formula is C10H11N3O5. The van der Waals surface area contributed by atoms with E-state index in [1.54, 1.807) is 0 Å². The minimum Gasteiger partial charge on any atom is -0.461 e. The number of carbonyl (C=O) groups is 1. The zero-order valence-corrected chi connectivity index (χ0v) is 9.50. The van der Waals surface area contributed by atoms with E-state index in [0.29, 0.717) is 6.42 Å². The number of aliphatic imine (C=N–C) groups is 2. The van der Waals surface area contributed by atoms with Crippen molar-refractivity contribution in [2.24, 2.45) is 9.98 Å². The summed E-state index contributed by atoms with van der Waals surface area (Å²) < 4.78 is 9.24. The molecule has 0 bridgehead atoms. The molecule has 8 nitrogen and oxygen atoms in total. The first kappa shape index (κ1) is 15.5. The Morgan fingerprint density at radius 1 is 1.22 bits per heavy atom. The average molecular weight is 253 g/mol. The van der Waals surface area contributed by atoms with Gasteiger partial charge in [0.05, 0.1) is 13.1 Å². The Kier molecular flexibility index (Phi) is 9.50. The summed E-state index contributed by atoms with van der Waals surface area (Å²) in [6, 6.07) is 0. The molecule has 0 aliphatic heterocycles. The molecule has 0 radical (unpaired) electrons. The third kappa shape index (κ3) is 7.77. The molecule has 0 aliphatic rings. The van der Waals surface area contributed by atoms with Gasteiger partial charge in [-0.2, -0.15) is 5.26 Å². The number of hydrogen-bond donors (Lipinski definition) is 0. The summed E-state index contributed by atoms with van der Waals surface area (Å²) in [4.78, 5) is 37.4. The van der Waals surface area contributed by atoms with Crippen molar-refractivity contribution in [3.05, 3.63) is 0 Å². The van der Waals surface area contributed by atoms with Crippen molar-refractivity contribution in [1.82, 2.24) is 0 Å². The van der Waals surface area contributed by atoms with Crippen LogP contribution in [0.2, 0.25) is 0 Å². The molecule has 18 heavy (non-hydrogen) atoms. The van der Waals surface area contributed by atoms with Crippen LogP contribution in [0.15, 0.2) is 9.98 Å². The van der Waals surface area contributed by atoms with Gasteiger partial charge in [0.2, 0.25) is 18.3 Å². The molecule has 8 heteroatoms. The minimum atomic E-state index is -1.04. The summed E-state index contributed by atoms with van der Waals surface area (Å²) in [6.45, 7) is 0.104. The van der Waals surface area contributed by atoms with Crippen molar-refractivity contribution in [1.29, 1.82) is 5.26 Å². The second-order valence-electron chi connectivity index (χ2n) is 2.95. The van der Waals surface area contributed by atoms with Gasteiger partial charge in [-0.3, -0.25) is 0 Å². The van der Waals surface area contributed by atoms with Gasteiger partial charge in [-0.15, -0.1) is 0 Å². The number of esters is 1. The van der Waals surface area contributed by atoms with E-state index < -0.39 is 12.1 Å². The lowest BCUT2D eigenvalue weighted by Gasteiger charge is -2.11. The second kappa shape index (κ2) is 11.0. The molecule has 0 heterocycles. The predicted octanol–water partition coefficient (Wildman–Crippen LogP) is -0.152. The first-order valence-electron chi connectivity index (χ1n) is 5.05. The zero-order valence-electron chi connectivity index (χ0n) is 9.50. The SMILES string of the molecule is N#COC(CCCN=C=O)C(=O)OCCN=C=O. The van der Waals surface area contributed by atoms with E-state index in [2.05, 4.69) is 14.7 Å². The number of ether oxygens (including phenoxy) is 2. The van der Waals surface area contributed by atoms with Crippen molar-refractivity contribution < 1.29 is 23.9 Å². The summed E-state index contributed by atoms with van der Waals surface area (Å²) >= 11 is 0. The molecule has 0 saturated carbocycles. The van der Waals surface area contributed by atoms with Crippen molar-refractivity contribution in [2.45, 2.75) is 18.9 Å². The monoisotopic (exact) mass is 253 g/mol. The minimum absolute atomic E-state index is 0.00392. The summed E-state index contributed by atoms with van der Waals surface area (Å²) in [5.41, 5.74) is 0. The average Bonchev–Trinajstić information content (AvgIpc) is 2.38. The van der Waals surface area contributed by atoms with E-state index in [4.69, 9.17) is 10.00 Å². The topological polar surface area (TPSA) is 118 Å². The third-order valence-electron chi connectivity index (χ3n) is 1.77. The molecule has 0 aromatic heterocycles. The largest absolute Gasteiger partial charge is 0.461 e. The maximum atomic E-state index is 11.4. The first-order chi connectivity index (χ1) is 8.76. The quantitative estimate of drug-likeness (QED) is 0.185. The number of rotatable bonds is 9. The highest BCUT2D eigenvalue weighted by molar-refractivity contribution is 5.74. The van der Waals surface area contributed by atoms with Crippen LogP contribution in [0.4, 0.5) is 0 Å². The third-order valence-corrected chi connectivity index (χ3v) is 1.77. The molecule has 0 aromatic carbocycles. The van der Waals surface area contributed by atoms with E-state index in [9.17, 15) is 14.4 Å². The van der Waals surface area contributed by atoms with E-state index in [1.165, 1.54) is 18.4 Å². The Hall–Kier alpha value is -2.48. The van der Waals surface area contributed by atoms with Crippen LogP contribution in [0.25, 0.3) is 0 Å². The van der Waals surface area contributed by atoms with Gasteiger partial charge in [0.25, 0.3) is 6.26 Å². The van der Waals surface area contributed by atoms with Gasteiger partial charge in [-0.1, -0.05) is 0 Å². The van der Waals surface area contributed by atoms with Gasteiger partial charge in [0.1, 0.15) is 6.61 Å². The highest BCUT2D eigenvalue weighted by atomic mass is 16.6. The van der Waals surface area contributed by atoms with E-state index in [1.807, 2.05) is 0 Å². The first-order valence-corrected chi connectivity index (χ1v) is 5.05. The Labute approximate surface area is 103 Å². The molecule has 0 aromatic rings. The molecule has 96 valence electrons. The van der Waals surface area contributed by atoms with Crippen LogP contribution in [0.1, 0.15) is 12.8 Å². The van der Waals surface area contributed by atoms with Crippen molar-refractivity contribution in [3.63, 3.8) is 0 Å². The van der Waals surface area contributed by atoms with Gasteiger partial charge in [0, 0.05) is 0 Å². The molecule has 0 saturated heterocycles. The van der Waals surface area contributed by atoms with E-state index in [0.717, 1.165) is 0 Å². The zero-order chi connectivity index (χ0) is 13.6. The summed E-state index contributed by atoms with van der Waals surface area (Å²) in [5, 5.41) is 8.36. The second-order valence-corrected chi connectivity index (χ2v) is 2.95. The summed E-state index contributed by atoms with van der Waals surface area (Å²) in [5.74, 6) is -0.729. The van der Waals surface area contributed by atoms with Crippen LogP contribution >= 0.6 is 0 Å². The highest BCUT2D eigenvalue weighted by Crippen LogP contribution is 2.05. The molecule has 0 amide bonds. The van der Waals surface area contributed by atoms with Gasteiger partial charge in [-0.05, 0) is 12.8 Å². The van der Waals surface area contributed by atoms with Crippen LogP contribution in [0.5, 0.6) is 0 Å². The molecule has 0 N–H and O–H groups in total. The maximum absolute atomic E-state index is 11.4. The van der Waals surface area contributed by atoms with Gasteiger partial charge in [0.15, 0.2) is 0 Å². The van der Waals surface area contributed by atoms with Crippen LogP contribution < -0.4 is 0 Å². The molecule has 0 rings (SSSR count). The molecule has 1 atom stereocenters. The van der Waals surface area contributed by atoms with Crippen LogP contribution in [0.3, 0.4) is 0 Å². The summed E-state index contributed by atoms with van der Waals surface area (Å²) in [7, 11) is 0. The van der Waals surface area contributed by atoms with Crippen molar-refractivity contribution in [3.8, 4) is 6.26 Å². The van der Waals surface area contributed by atoms with Crippen molar-refractivity contribution in [2.75, 3.05) is 19.7 Å². The molecular weight excluding hydrogens is 242 g/mol. The predicted molar refractivity (Wildman–Crippen MR) is 56.7 cm³/mol. The lowest BCUT2D eigenvalue weighted by Crippen LogP contribution is -2.26. The Bertz CT molecular complexity index is 391. The van der Waals surface area contributed by atoms with Crippen LogP contribution in [-0.2, 0) is 23.9 Å². The normalized spacial score (nSPS) is 10.2. The number of nitrogens with zero attached hydrogens (tertiary/aromatic N) is 3. The van der Waals surface area contributed by atoms with Crippen LogP contribution in [0, 0.1) is 11.5 Å². The van der Waals surface area contributed by atoms with Crippen LogP contribution in [-0.4, -0.2) is 43.9 Å². The standard InChI is InChI=1S/C10H11N3O5/c11-6-18-9(2-1-3-12-7-14)10(16)17-5-4-13-8-15/h9H,1-5H2. The van der Waals surface area contributed by atoms with Gasteiger partial charge in [-0.25, -0.2) is 24.4 Å². The smallest absolute Gasteiger partial charge is 0.348 e. The lowest BCUT2D eigenvalue weighted by atomic mass is 10.2. The lowest BCUT2D eigenvalue weighted by molar-refractivity contribution is -0.153.